The van der Waals surface area contributed by atoms with Gasteiger partial charge < -0.3 is 0 Å². The number of imide groups is 1. The van der Waals surface area contributed by atoms with Gasteiger partial charge in [0, 0.05) is 0 Å². The number of hydrogen-bond acceptors (Lipinski definition) is 3. The molecular weight excluding hydrogens is 566 g/mol. The van der Waals surface area contributed by atoms with E-state index in [-0.39, 0.29) is 5.78 Å². The maximum absolute atomic E-state index is 15.8. The number of amides is 2. The first-order chi connectivity index (χ1) is 21.5. The predicted octanol–water partition coefficient (Wildman–Crippen LogP) is 7.53. The van der Waals surface area contributed by atoms with Crippen LogP contribution in [-0.2, 0) is 25.2 Å². The number of benzene rings is 5. The second kappa shape index (κ2) is 9.73. The smallest absolute Gasteiger partial charge is 0.239 e. The van der Waals surface area contributed by atoms with Crippen molar-refractivity contribution in [1.82, 2.24) is 0 Å². The lowest BCUT2D eigenvalue weighted by Gasteiger charge is -2.39. The number of allylic oxidation sites excluding steroid dienone is 2. The summed E-state index contributed by atoms with van der Waals surface area (Å²) in [6.07, 6.45) is 0. The number of carbonyl (C=O) groups excluding carboxylic acids is 3. The van der Waals surface area contributed by atoms with Crippen molar-refractivity contribution in [2.45, 2.75) is 10.8 Å². The van der Waals surface area contributed by atoms with Gasteiger partial charge in [-0.2, -0.15) is 0 Å². The number of hydrogen-bond donors (Lipinski definition) is 0. The molecule has 5 heteroatoms. The lowest BCUT2D eigenvalue weighted by atomic mass is 9.59. The second-order valence-electron chi connectivity index (χ2n) is 11.6. The van der Waals surface area contributed by atoms with Gasteiger partial charge in [0.05, 0.1) is 33.4 Å². The van der Waals surface area contributed by atoms with Crippen molar-refractivity contribution in [1.29, 1.82) is 0 Å². The Labute approximate surface area is 260 Å². The van der Waals surface area contributed by atoms with E-state index in [0.717, 1.165) is 22.3 Å². The van der Waals surface area contributed by atoms with Gasteiger partial charge in [0.25, 0.3) is 0 Å². The molecule has 212 valence electrons. The number of para-hydroxylation sites is 1. The lowest BCUT2D eigenvalue weighted by Crippen LogP contribution is -2.45. The summed E-state index contributed by atoms with van der Waals surface area (Å²) in [5.74, 6) is -2.93. The van der Waals surface area contributed by atoms with Crippen molar-refractivity contribution in [3.8, 4) is 0 Å². The number of carbonyl (C=O) groups is 3. The van der Waals surface area contributed by atoms with Gasteiger partial charge in [-0.1, -0.05) is 145 Å². The first-order valence-corrected chi connectivity index (χ1v) is 15.1. The van der Waals surface area contributed by atoms with E-state index in [9.17, 15) is 9.59 Å². The van der Waals surface area contributed by atoms with E-state index in [0.29, 0.717) is 21.8 Å². The van der Waals surface area contributed by atoms with Crippen molar-refractivity contribution < 1.29 is 14.4 Å². The third-order valence-corrected chi connectivity index (χ3v) is 9.99. The first-order valence-electron chi connectivity index (χ1n) is 14.7. The summed E-state index contributed by atoms with van der Waals surface area (Å²) < 4.78 is 0. The van der Waals surface area contributed by atoms with Crippen LogP contribution >= 0.6 is 11.6 Å². The Morgan fingerprint density at radius 2 is 0.841 bits per heavy atom. The fraction of sp³-hybridized carbons (Fsp3) is 0.103. The number of nitrogens with zero attached hydrogens (tertiary/aromatic N) is 1. The van der Waals surface area contributed by atoms with E-state index in [1.165, 1.54) is 4.90 Å². The van der Waals surface area contributed by atoms with E-state index in [4.69, 9.17) is 11.6 Å². The molecule has 0 spiro atoms. The average Bonchev–Trinajstić information content (AvgIpc) is 3.59. The van der Waals surface area contributed by atoms with Gasteiger partial charge in [-0.15, -0.1) is 0 Å². The van der Waals surface area contributed by atoms with Crippen molar-refractivity contribution >= 4 is 46.0 Å². The molecule has 0 unspecified atom stereocenters. The lowest BCUT2D eigenvalue weighted by molar-refractivity contribution is -0.130. The molecule has 1 heterocycles. The highest BCUT2D eigenvalue weighted by atomic mass is 35.5. The summed E-state index contributed by atoms with van der Waals surface area (Å²) in [4.78, 5) is 46.9. The third-order valence-electron chi connectivity index (χ3n) is 9.67. The van der Waals surface area contributed by atoms with Crippen molar-refractivity contribution in [3.63, 3.8) is 0 Å². The fourth-order valence-electron chi connectivity index (χ4n) is 8.20. The Hall–Kier alpha value is -5.06. The zero-order valence-corrected chi connectivity index (χ0v) is 24.3. The predicted molar refractivity (Wildman–Crippen MR) is 172 cm³/mol. The first kappa shape index (κ1) is 26.6. The summed E-state index contributed by atoms with van der Waals surface area (Å²) in [5.41, 5.74) is 2.09. The van der Waals surface area contributed by atoms with Gasteiger partial charge in [0.2, 0.25) is 11.8 Å². The summed E-state index contributed by atoms with van der Waals surface area (Å²) in [6, 6.07) is 45.6. The molecule has 0 N–H and O–H groups in total. The molecule has 3 aliphatic rings. The normalized spacial score (nSPS) is 25.6. The van der Waals surface area contributed by atoms with Gasteiger partial charge in [-0.3, -0.25) is 14.4 Å². The van der Waals surface area contributed by atoms with E-state index in [1.54, 1.807) is 24.3 Å². The Bertz CT molecular complexity index is 1870. The number of fused-ring (bicyclic) bond motifs is 5. The molecule has 2 fully saturated rings. The van der Waals surface area contributed by atoms with Crippen molar-refractivity contribution in [3.05, 3.63) is 173 Å². The van der Waals surface area contributed by atoms with Crippen LogP contribution in [0.25, 0.3) is 11.1 Å². The fourth-order valence-corrected chi connectivity index (χ4v) is 8.42. The largest absolute Gasteiger partial charge is 0.297 e. The van der Waals surface area contributed by atoms with Crippen LogP contribution in [0.15, 0.2) is 146 Å². The monoisotopic (exact) mass is 591 g/mol. The molecule has 44 heavy (non-hydrogen) atoms. The van der Waals surface area contributed by atoms with Gasteiger partial charge >= 0.3 is 0 Å². The van der Waals surface area contributed by atoms with E-state index in [1.807, 2.05) is 121 Å². The topological polar surface area (TPSA) is 54.5 Å². The zero-order valence-electron chi connectivity index (χ0n) is 23.6. The minimum Gasteiger partial charge on any atom is -0.297 e. The molecule has 5 aromatic rings. The molecule has 1 saturated carbocycles. The highest BCUT2D eigenvalue weighted by Crippen LogP contribution is 2.74. The number of anilines is 1. The van der Waals surface area contributed by atoms with Crippen LogP contribution < -0.4 is 4.90 Å². The summed E-state index contributed by atoms with van der Waals surface area (Å²) in [7, 11) is 0. The SMILES string of the molecule is O=C1[C@H]2[C@H](C(=O)N1c1ccccc1Cl)[C@@]1(c3ccccc3)C(=O)[C@@]2(c2ccccc2)C(c2ccccc2)=C1c1ccccc1. The van der Waals surface area contributed by atoms with Crippen LogP contribution in [0.2, 0.25) is 5.02 Å². The van der Waals surface area contributed by atoms with Crippen LogP contribution in [0.4, 0.5) is 5.69 Å². The third kappa shape index (κ3) is 3.21. The Morgan fingerprint density at radius 1 is 0.477 bits per heavy atom. The molecule has 2 amide bonds. The van der Waals surface area contributed by atoms with Crippen LogP contribution in [-0.4, -0.2) is 17.6 Å². The molecule has 1 saturated heterocycles. The number of halogens is 1. The Morgan fingerprint density at radius 3 is 1.25 bits per heavy atom. The number of Topliss-reactive ketones (excluding diaryl/α,β-unsaturated/α-hetero) is 1. The molecular formula is C39H26ClNO3. The zero-order chi connectivity index (χ0) is 30.1. The molecule has 0 radical (unpaired) electrons. The minimum atomic E-state index is -1.43. The van der Waals surface area contributed by atoms with E-state index in [2.05, 4.69) is 0 Å². The Kier molecular flexibility index (Phi) is 5.87. The molecule has 2 aliphatic carbocycles. The van der Waals surface area contributed by atoms with Gasteiger partial charge in [-0.25, -0.2) is 4.90 Å². The highest BCUT2D eigenvalue weighted by molar-refractivity contribution is 6.41. The van der Waals surface area contributed by atoms with E-state index < -0.39 is 34.5 Å². The summed E-state index contributed by atoms with van der Waals surface area (Å²) in [5, 5.41) is 0.301. The molecule has 4 atom stereocenters. The van der Waals surface area contributed by atoms with Crippen LogP contribution in [0.3, 0.4) is 0 Å². The van der Waals surface area contributed by atoms with Crippen LogP contribution in [0.5, 0.6) is 0 Å². The maximum atomic E-state index is 15.8. The molecule has 2 bridgehead atoms. The minimum absolute atomic E-state index is 0.143. The number of rotatable bonds is 5. The summed E-state index contributed by atoms with van der Waals surface area (Å²) >= 11 is 6.64. The summed E-state index contributed by atoms with van der Waals surface area (Å²) in [6.45, 7) is 0. The maximum Gasteiger partial charge on any atom is 0.239 e. The molecule has 0 aromatic heterocycles. The second-order valence-corrected chi connectivity index (χ2v) is 12.0. The quantitative estimate of drug-likeness (QED) is 0.199. The molecule has 8 rings (SSSR count). The van der Waals surface area contributed by atoms with Gasteiger partial charge in [0.1, 0.15) is 0 Å². The highest BCUT2D eigenvalue weighted by Gasteiger charge is 2.82. The van der Waals surface area contributed by atoms with Crippen molar-refractivity contribution in [2.75, 3.05) is 4.90 Å². The van der Waals surface area contributed by atoms with Gasteiger partial charge in [-0.05, 0) is 45.5 Å². The van der Waals surface area contributed by atoms with Gasteiger partial charge in [0.15, 0.2) is 5.78 Å². The number of ketones is 1. The molecule has 5 aromatic carbocycles. The van der Waals surface area contributed by atoms with Crippen LogP contribution in [0, 0.1) is 11.8 Å². The molecule has 1 aliphatic heterocycles. The Balaban J connectivity index is 1.57. The van der Waals surface area contributed by atoms with E-state index >= 15 is 4.79 Å². The van der Waals surface area contributed by atoms with Crippen LogP contribution in [0.1, 0.15) is 22.3 Å². The van der Waals surface area contributed by atoms with Crippen molar-refractivity contribution in [2.24, 2.45) is 11.8 Å². The standard InChI is InChI=1S/C39H26ClNO3/c40-29-23-13-14-24-30(29)41-35(42)33-34(36(41)43)39(28-21-11-4-12-22-28)32(26-17-7-2-8-18-26)31(25-15-5-1-6-16-25)38(33,37(39)44)27-19-9-3-10-20-27/h1-24,33-34H/t33-,34-,38+,39+/m1/s1. The average molecular weight is 592 g/mol. The molecule has 4 nitrogen and oxygen atoms in total.